The zero-order valence-corrected chi connectivity index (χ0v) is 12.3. The van der Waals surface area contributed by atoms with E-state index in [2.05, 4.69) is 10.6 Å². The Labute approximate surface area is 130 Å². The fourth-order valence-corrected chi connectivity index (χ4v) is 3.00. The monoisotopic (exact) mass is 327 g/mol. The van der Waals surface area contributed by atoms with Crippen molar-refractivity contribution in [2.75, 3.05) is 13.1 Å². The summed E-state index contributed by atoms with van der Waals surface area (Å²) in [5, 5.41) is 5.49. The summed E-state index contributed by atoms with van der Waals surface area (Å²) < 4.78 is 0. The molecular weight excluding hydrogens is 317 g/mol. The summed E-state index contributed by atoms with van der Waals surface area (Å²) in [5.41, 5.74) is -0.747. The maximum absolute atomic E-state index is 12.5. The number of benzene rings is 1. The minimum Gasteiger partial charge on any atom is -0.336 e. The van der Waals surface area contributed by atoms with Crippen LogP contribution in [0.3, 0.4) is 0 Å². The van der Waals surface area contributed by atoms with Crippen LogP contribution < -0.4 is 10.6 Å². The van der Waals surface area contributed by atoms with E-state index in [-0.39, 0.29) is 18.0 Å². The Morgan fingerprint density at radius 3 is 2.71 bits per heavy atom. The molecule has 0 bridgehead atoms. The Balaban J connectivity index is 1.83. The van der Waals surface area contributed by atoms with E-state index in [1.807, 2.05) is 0 Å². The topological polar surface area (TPSA) is 78.5 Å². The SMILES string of the molecule is O=C1NC(=O)C2(CCN(C(=O)c3cc(Cl)ccc3Cl)C2)N1. The van der Waals surface area contributed by atoms with Crippen LogP contribution in [-0.2, 0) is 4.79 Å². The minimum atomic E-state index is -1.03. The number of likely N-dealkylation sites (tertiary alicyclic amines) is 1. The van der Waals surface area contributed by atoms with Crippen molar-refractivity contribution in [3.63, 3.8) is 0 Å². The van der Waals surface area contributed by atoms with Crippen LogP contribution in [0.25, 0.3) is 0 Å². The molecule has 2 fully saturated rings. The molecule has 2 aliphatic heterocycles. The van der Waals surface area contributed by atoms with E-state index in [1.165, 1.54) is 11.0 Å². The molecule has 4 amide bonds. The molecular formula is C13H11Cl2N3O3. The van der Waals surface area contributed by atoms with E-state index < -0.39 is 17.5 Å². The Morgan fingerprint density at radius 2 is 2.05 bits per heavy atom. The molecule has 21 heavy (non-hydrogen) atoms. The maximum atomic E-state index is 12.5. The van der Waals surface area contributed by atoms with Crippen LogP contribution in [0.15, 0.2) is 18.2 Å². The number of nitrogens with one attached hydrogen (secondary N) is 2. The first-order valence-electron chi connectivity index (χ1n) is 6.29. The number of carbonyl (C=O) groups is 3. The Bertz CT molecular complexity index is 664. The van der Waals surface area contributed by atoms with Crippen molar-refractivity contribution in [1.29, 1.82) is 0 Å². The lowest BCUT2D eigenvalue weighted by Gasteiger charge is -2.21. The number of hydrogen-bond acceptors (Lipinski definition) is 3. The summed E-state index contributed by atoms with van der Waals surface area (Å²) >= 11 is 11.9. The molecule has 1 atom stereocenters. The number of nitrogens with zero attached hydrogens (tertiary/aromatic N) is 1. The average Bonchev–Trinajstić information content (AvgIpc) is 2.97. The zero-order valence-electron chi connectivity index (χ0n) is 10.8. The van der Waals surface area contributed by atoms with Crippen LogP contribution >= 0.6 is 23.2 Å². The molecule has 1 unspecified atom stereocenters. The summed E-state index contributed by atoms with van der Waals surface area (Å²) in [6, 6.07) is 4.10. The van der Waals surface area contributed by atoms with Crippen molar-refractivity contribution in [3.8, 4) is 0 Å². The van der Waals surface area contributed by atoms with E-state index in [0.717, 1.165) is 0 Å². The second kappa shape index (κ2) is 4.89. The standard InChI is InChI=1S/C13H11Cl2N3O3/c14-7-1-2-9(15)8(5-7)10(19)18-4-3-13(6-18)11(20)16-12(21)17-13/h1-2,5H,3-4,6H2,(H2,16,17,20,21). The predicted molar refractivity (Wildman–Crippen MR) is 76.4 cm³/mol. The molecule has 1 aromatic rings. The lowest BCUT2D eigenvalue weighted by atomic mass is 9.99. The van der Waals surface area contributed by atoms with Crippen molar-refractivity contribution in [3.05, 3.63) is 33.8 Å². The number of carbonyl (C=O) groups excluding carboxylic acids is 3. The quantitative estimate of drug-likeness (QED) is 0.765. The van der Waals surface area contributed by atoms with Gasteiger partial charge in [0.1, 0.15) is 5.54 Å². The number of halogens is 2. The third kappa shape index (κ3) is 2.34. The van der Waals surface area contributed by atoms with Gasteiger partial charge in [0.15, 0.2) is 0 Å². The highest BCUT2D eigenvalue weighted by molar-refractivity contribution is 6.35. The first-order chi connectivity index (χ1) is 9.91. The third-order valence-corrected chi connectivity index (χ3v) is 4.29. The molecule has 1 aromatic carbocycles. The molecule has 110 valence electrons. The van der Waals surface area contributed by atoms with Gasteiger partial charge in [0.2, 0.25) is 0 Å². The Kier molecular flexibility index (Phi) is 3.30. The van der Waals surface area contributed by atoms with Crippen molar-refractivity contribution < 1.29 is 14.4 Å². The summed E-state index contributed by atoms with van der Waals surface area (Å²) in [5.74, 6) is -0.715. The minimum absolute atomic E-state index is 0.117. The van der Waals surface area contributed by atoms with Crippen LogP contribution in [-0.4, -0.2) is 41.4 Å². The van der Waals surface area contributed by atoms with Gasteiger partial charge in [-0.1, -0.05) is 23.2 Å². The van der Waals surface area contributed by atoms with Crippen LogP contribution in [0.4, 0.5) is 4.79 Å². The van der Waals surface area contributed by atoms with Gasteiger partial charge in [-0.05, 0) is 24.6 Å². The fraction of sp³-hybridized carbons (Fsp3) is 0.308. The lowest BCUT2D eigenvalue weighted by Crippen LogP contribution is -2.49. The Hall–Kier alpha value is -1.79. The smallest absolute Gasteiger partial charge is 0.322 e. The van der Waals surface area contributed by atoms with Gasteiger partial charge < -0.3 is 10.2 Å². The van der Waals surface area contributed by atoms with Gasteiger partial charge >= 0.3 is 6.03 Å². The average molecular weight is 328 g/mol. The van der Waals surface area contributed by atoms with Crippen LogP contribution in [0.1, 0.15) is 16.8 Å². The number of rotatable bonds is 1. The van der Waals surface area contributed by atoms with Crippen molar-refractivity contribution in [2.45, 2.75) is 12.0 Å². The molecule has 3 rings (SSSR count). The molecule has 0 aliphatic carbocycles. The second-order valence-corrected chi connectivity index (χ2v) is 5.93. The first-order valence-corrected chi connectivity index (χ1v) is 7.05. The number of imide groups is 1. The van der Waals surface area contributed by atoms with E-state index >= 15 is 0 Å². The van der Waals surface area contributed by atoms with Gasteiger partial charge in [-0.2, -0.15) is 0 Å². The summed E-state index contributed by atoms with van der Waals surface area (Å²) in [6.45, 7) is 0.474. The number of urea groups is 1. The Morgan fingerprint density at radius 1 is 1.29 bits per heavy atom. The van der Waals surface area contributed by atoms with E-state index in [1.54, 1.807) is 12.1 Å². The molecule has 2 saturated heterocycles. The maximum Gasteiger partial charge on any atom is 0.322 e. The first kappa shape index (κ1) is 14.2. The van der Waals surface area contributed by atoms with Gasteiger partial charge in [0.25, 0.3) is 11.8 Å². The van der Waals surface area contributed by atoms with Crippen molar-refractivity contribution in [1.82, 2.24) is 15.5 Å². The molecule has 2 heterocycles. The van der Waals surface area contributed by atoms with E-state index in [4.69, 9.17) is 23.2 Å². The van der Waals surface area contributed by atoms with Gasteiger partial charge in [0.05, 0.1) is 17.1 Å². The van der Waals surface area contributed by atoms with E-state index in [0.29, 0.717) is 23.0 Å². The number of hydrogen-bond donors (Lipinski definition) is 2. The normalized spacial score (nSPS) is 24.4. The lowest BCUT2D eigenvalue weighted by molar-refractivity contribution is -0.123. The highest BCUT2D eigenvalue weighted by Crippen LogP contribution is 2.28. The molecule has 1 spiro atoms. The van der Waals surface area contributed by atoms with Crippen LogP contribution in [0, 0.1) is 0 Å². The molecule has 0 radical (unpaired) electrons. The van der Waals surface area contributed by atoms with Gasteiger partial charge in [-0.3, -0.25) is 14.9 Å². The third-order valence-electron chi connectivity index (χ3n) is 3.73. The van der Waals surface area contributed by atoms with Crippen LogP contribution in [0.5, 0.6) is 0 Å². The molecule has 0 aromatic heterocycles. The summed E-state index contributed by atoms with van der Waals surface area (Å²) in [4.78, 5) is 37.1. The van der Waals surface area contributed by atoms with Crippen molar-refractivity contribution in [2.24, 2.45) is 0 Å². The van der Waals surface area contributed by atoms with Crippen molar-refractivity contribution >= 4 is 41.0 Å². The van der Waals surface area contributed by atoms with Crippen LogP contribution in [0.2, 0.25) is 10.0 Å². The molecule has 8 heteroatoms. The molecule has 2 N–H and O–H groups in total. The summed E-state index contributed by atoms with van der Waals surface area (Å²) in [6.07, 6.45) is 0.370. The van der Waals surface area contributed by atoms with Gasteiger partial charge in [-0.25, -0.2) is 4.79 Å². The summed E-state index contributed by atoms with van der Waals surface area (Å²) in [7, 11) is 0. The molecule has 6 nitrogen and oxygen atoms in total. The molecule has 2 aliphatic rings. The second-order valence-electron chi connectivity index (χ2n) is 5.09. The van der Waals surface area contributed by atoms with E-state index in [9.17, 15) is 14.4 Å². The predicted octanol–water partition coefficient (Wildman–Crippen LogP) is 1.42. The fourth-order valence-electron chi connectivity index (χ4n) is 2.63. The largest absolute Gasteiger partial charge is 0.336 e. The zero-order chi connectivity index (χ0) is 15.2. The highest BCUT2D eigenvalue weighted by atomic mass is 35.5. The highest BCUT2D eigenvalue weighted by Gasteiger charge is 2.51. The van der Waals surface area contributed by atoms with Gasteiger partial charge in [-0.15, -0.1) is 0 Å². The molecule has 0 saturated carbocycles. The van der Waals surface area contributed by atoms with Gasteiger partial charge in [0, 0.05) is 11.6 Å². The number of amides is 4.